The SMILES string of the molecule is COc1ccc(C=CC(=O)NCc2ccc(Cl)c(Cl)c2)cc1. The Hall–Kier alpha value is -1.97. The summed E-state index contributed by atoms with van der Waals surface area (Å²) < 4.78 is 5.08. The summed E-state index contributed by atoms with van der Waals surface area (Å²) >= 11 is 11.8. The highest BCUT2D eigenvalue weighted by atomic mass is 35.5. The minimum absolute atomic E-state index is 0.179. The smallest absolute Gasteiger partial charge is 0.244 e. The molecule has 2 aromatic carbocycles. The molecule has 2 rings (SSSR count). The van der Waals surface area contributed by atoms with E-state index in [0.717, 1.165) is 16.9 Å². The van der Waals surface area contributed by atoms with E-state index in [9.17, 15) is 4.79 Å². The second-order valence-electron chi connectivity index (χ2n) is 4.57. The third-order valence-corrected chi connectivity index (χ3v) is 3.73. The van der Waals surface area contributed by atoms with Crippen LogP contribution in [0.1, 0.15) is 11.1 Å². The number of nitrogens with one attached hydrogen (secondary N) is 1. The van der Waals surface area contributed by atoms with E-state index in [4.69, 9.17) is 27.9 Å². The van der Waals surface area contributed by atoms with Crippen molar-refractivity contribution >= 4 is 35.2 Å². The molecule has 1 amide bonds. The molecule has 0 spiro atoms. The first kappa shape index (κ1) is 16.4. The summed E-state index contributed by atoms with van der Waals surface area (Å²) in [5, 5.41) is 3.76. The van der Waals surface area contributed by atoms with Crippen molar-refractivity contribution in [3.05, 3.63) is 69.7 Å². The summed E-state index contributed by atoms with van der Waals surface area (Å²) in [5.74, 6) is 0.600. The summed E-state index contributed by atoms with van der Waals surface area (Å²) in [6, 6.07) is 12.7. The standard InChI is InChI=1S/C17H15Cl2NO2/c1-22-14-6-2-12(3-7-14)5-9-17(21)20-11-13-4-8-15(18)16(19)10-13/h2-10H,11H2,1H3,(H,20,21). The Kier molecular flexibility index (Phi) is 5.87. The Morgan fingerprint density at radius 2 is 1.86 bits per heavy atom. The first-order valence-corrected chi connectivity index (χ1v) is 7.38. The maximum atomic E-state index is 11.8. The second kappa shape index (κ2) is 7.87. The third-order valence-electron chi connectivity index (χ3n) is 2.99. The number of halogens is 2. The van der Waals surface area contributed by atoms with E-state index < -0.39 is 0 Å². The summed E-state index contributed by atoms with van der Waals surface area (Å²) in [6.07, 6.45) is 3.23. The van der Waals surface area contributed by atoms with Crippen molar-refractivity contribution in [2.24, 2.45) is 0 Å². The number of benzene rings is 2. The molecule has 0 bridgehead atoms. The lowest BCUT2D eigenvalue weighted by Crippen LogP contribution is -2.20. The Labute approximate surface area is 139 Å². The zero-order valence-corrected chi connectivity index (χ0v) is 13.5. The molecule has 0 atom stereocenters. The topological polar surface area (TPSA) is 38.3 Å². The highest BCUT2D eigenvalue weighted by Crippen LogP contribution is 2.22. The van der Waals surface area contributed by atoms with Gasteiger partial charge in [-0.1, -0.05) is 41.4 Å². The van der Waals surface area contributed by atoms with Crippen LogP contribution in [-0.4, -0.2) is 13.0 Å². The van der Waals surface area contributed by atoms with Crippen LogP contribution in [0.25, 0.3) is 6.08 Å². The highest BCUT2D eigenvalue weighted by Gasteiger charge is 2.01. The summed E-state index contributed by atoms with van der Waals surface area (Å²) in [5.41, 5.74) is 1.81. The highest BCUT2D eigenvalue weighted by molar-refractivity contribution is 6.42. The van der Waals surface area contributed by atoms with Gasteiger partial charge in [-0.25, -0.2) is 0 Å². The molecule has 0 aliphatic rings. The molecule has 3 nitrogen and oxygen atoms in total. The molecule has 0 aromatic heterocycles. The molecule has 0 unspecified atom stereocenters. The second-order valence-corrected chi connectivity index (χ2v) is 5.39. The number of amides is 1. The molecular weight excluding hydrogens is 321 g/mol. The van der Waals surface area contributed by atoms with Gasteiger partial charge in [-0.05, 0) is 41.5 Å². The van der Waals surface area contributed by atoms with Gasteiger partial charge in [0.05, 0.1) is 17.2 Å². The van der Waals surface area contributed by atoms with Gasteiger partial charge in [0.1, 0.15) is 5.75 Å². The van der Waals surface area contributed by atoms with Crippen LogP contribution >= 0.6 is 23.2 Å². The first-order valence-electron chi connectivity index (χ1n) is 6.62. The largest absolute Gasteiger partial charge is 0.497 e. The van der Waals surface area contributed by atoms with Crippen molar-refractivity contribution in [2.45, 2.75) is 6.54 Å². The van der Waals surface area contributed by atoms with Crippen molar-refractivity contribution in [3.63, 3.8) is 0 Å². The molecule has 22 heavy (non-hydrogen) atoms. The molecule has 0 fully saturated rings. The van der Waals surface area contributed by atoms with E-state index >= 15 is 0 Å². The van der Waals surface area contributed by atoms with Crippen LogP contribution in [-0.2, 0) is 11.3 Å². The van der Waals surface area contributed by atoms with Gasteiger partial charge in [-0.2, -0.15) is 0 Å². The lowest BCUT2D eigenvalue weighted by Gasteiger charge is -2.04. The van der Waals surface area contributed by atoms with Crippen molar-refractivity contribution in [1.29, 1.82) is 0 Å². The average Bonchev–Trinajstić information content (AvgIpc) is 2.54. The van der Waals surface area contributed by atoms with Crippen LogP contribution in [0.4, 0.5) is 0 Å². The zero-order chi connectivity index (χ0) is 15.9. The summed E-state index contributed by atoms with van der Waals surface area (Å²) in [7, 11) is 1.61. The molecule has 0 heterocycles. The number of hydrogen-bond acceptors (Lipinski definition) is 2. The number of carbonyl (C=O) groups is 1. The number of rotatable bonds is 5. The third kappa shape index (κ3) is 4.79. The normalized spacial score (nSPS) is 10.7. The Morgan fingerprint density at radius 1 is 1.14 bits per heavy atom. The fourth-order valence-electron chi connectivity index (χ4n) is 1.78. The fourth-order valence-corrected chi connectivity index (χ4v) is 2.11. The van der Waals surface area contributed by atoms with E-state index in [1.807, 2.05) is 30.3 Å². The molecule has 0 aliphatic carbocycles. The molecular formula is C17H15Cl2NO2. The number of carbonyl (C=O) groups excluding carboxylic acids is 1. The maximum Gasteiger partial charge on any atom is 0.244 e. The fraction of sp³-hybridized carbons (Fsp3) is 0.118. The quantitative estimate of drug-likeness (QED) is 0.826. The lowest BCUT2D eigenvalue weighted by molar-refractivity contribution is -0.116. The average molecular weight is 336 g/mol. The molecule has 1 N–H and O–H groups in total. The predicted octanol–water partition coefficient (Wildman–Crippen LogP) is 4.33. The van der Waals surface area contributed by atoms with Crippen LogP contribution in [0, 0.1) is 0 Å². The minimum atomic E-state index is -0.179. The molecule has 2 aromatic rings. The van der Waals surface area contributed by atoms with E-state index in [-0.39, 0.29) is 5.91 Å². The zero-order valence-electron chi connectivity index (χ0n) is 12.0. The molecule has 0 aliphatic heterocycles. The van der Waals surface area contributed by atoms with Gasteiger partial charge in [0, 0.05) is 12.6 Å². The molecule has 0 radical (unpaired) electrons. The van der Waals surface area contributed by atoms with Gasteiger partial charge in [0.25, 0.3) is 0 Å². The Morgan fingerprint density at radius 3 is 2.50 bits per heavy atom. The van der Waals surface area contributed by atoms with Gasteiger partial charge in [-0.15, -0.1) is 0 Å². The van der Waals surface area contributed by atoms with Crippen LogP contribution in [0.3, 0.4) is 0 Å². The van der Waals surface area contributed by atoms with Gasteiger partial charge >= 0.3 is 0 Å². The van der Waals surface area contributed by atoms with E-state index in [1.54, 1.807) is 25.3 Å². The van der Waals surface area contributed by atoms with Crippen LogP contribution in [0.5, 0.6) is 5.75 Å². The molecule has 0 saturated heterocycles. The number of hydrogen-bond donors (Lipinski definition) is 1. The van der Waals surface area contributed by atoms with Gasteiger partial charge in [0.15, 0.2) is 0 Å². The molecule has 114 valence electrons. The van der Waals surface area contributed by atoms with Crippen molar-refractivity contribution in [2.75, 3.05) is 7.11 Å². The van der Waals surface area contributed by atoms with Gasteiger partial charge in [0.2, 0.25) is 5.91 Å². The lowest BCUT2D eigenvalue weighted by atomic mass is 10.2. The number of ether oxygens (including phenoxy) is 1. The maximum absolute atomic E-state index is 11.8. The summed E-state index contributed by atoms with van der Waals surface area (Å²) in [4.78, 5) is 11.8. The van der Waals surface area contributed by atoms with E-state index in [2.05, 4.69) is 5.32 Å². The molecule has 5 heteroatoms. The summed E-state index contributed by atoms with van der Waals surface area (Å²) in [6.45, 7) is 0.392. The van der Waals surface area contributed by atoms with Crippen molar-refractivity contribution < 1.29 is 9.53 Å². The van der Waals surface area contributed by atoms with Gasteiger partial charge in [-0.3, -0.25) is 4.79 Å². The van der Waals surface area contributed by atoms with Crippen molar-refractivity contribution in [1.82, 2.24) is 5.32 Å². The van der Waals surface area contributed by atoms with Crippen LogP contribution in [0.2, 0.25) is 10.0 Å². The molecule has 0 saturated carbocycles. The van der Waals surface area contributed by atoms with Gasteiger partial charge < -0.3 is 10.1 Å². The Bertz CT molecular complexity index is 682. The van der Waals surface area contributed by atoms with Crippen LogP contribution in [0.15, 0.2) is 48.5 Å². The Balaban J connectivity index is 1.88. The van der Waals surface area contributed by atoms with Crippen LogP contribution < -0.4 is 10.1 Å². The van der Waals surface area contributed by atoms with E-state index in [0.29, 0.717) is 16.6 Å². The van der Waals surface area contributed by atoms with E-state index in [1.165, 1.54) is 6.08 Å². The minimum Gasteiger partial charge on any atom is -0.497 e. The van der Waals surface area contributed by atoms with Crippen molar-refractivity contribution in [3.8, 4) is 5.75 Å². The monoisotopic (exact) mass is 335 g/mol. The number of methoxy groups -OCH3 is 1. The first-order chi connectivity index (χ1) is 10.6. The predicted molar refractivity (Wildman–Crippen MR) is 90.3 cm³/mol.